The third kappa shape index (κ3) is 3.44. The SMILES string of the molecule is CC.CCOC(=O)c1cnn2c(NC3CC3)cc(Cl)nc12. The average molecular weight is 311 g/mol. The molecule has 0 unspecified atom stereocenters. The summed E-state index contributed by atoms with van der Waals surface area (Å²) in [4.78, 5) is 16.0. The largest absolute Gasteiger partial charge is 0.462 e. The number of rotatable bonds is 4. The van der Waals surface area contributed by atoms with E-state index in [0.29, 0.717) is 29.0 Å². The predicted octanol–water partition coefficient (Wildman–Crippen LogP) is 3.16. The number of halogens is 1. The number of ether oxygens (including phenoxy) is 1. The number of hydrogen-bond donors (Lipinski definition) is 1. The van der Waals surface area contributed by atoms with Crippen LogP contribution >= 0.6 is 11.6 Å². The van der Waals surface area contributed by atoms with Crippen LogP contribution in [-0.4, -0.2) is 33.2 Å². The Morgan fingerprint density at radius 1 is 1.52 bits per heavy atom. The molecule has 0 aliphatic heterocycles. The van der Waals surface area contributed by atoms with Crippen molar-refractivity contribution in [3.05, 3.63) is 23.0 Å². The van der Waals surface area contributed by atoms with Crippen LogP contribution in [0.25, 0.3) is 5.65 Å². The molecule has 1 fully saturated rings. The summed E-state index contributed by atoms with van der Waals surface area (Å²) in [7, 11) is 0. The van der Waals surface area contributed by atoms with Gasteiger partial charge in [-0.3, -0.25) is 0 Å². The summed E-state index contributed by atoms with van der Waals surface area (Å²) in [5, 5.41) is 7.80. The minimum Gasteiger partial charge on any atom is -0.462 e. The van der Waals surface area contributed by atoms with E-state index in [0.717, 1.165) is 18.7 Å². The molecule has 1 N–H and O–H groups in total. The first-order valence-corrected chi connectivity index (χ1v) is 7.54. The smallest absolute Gasteiger partial charge is 0.343 e. The highest BCUT2D eigenvalue weighted by atomic mass is 35.5. The first-order chi connectivity index (χ1) is 10.2. The third-order valence-electron chi connectivity index (χ3n) is 2.87. The Morgan fingerprint density at radius 2 is 2.24 bits per heavy atom. The first-order valence-electron chi connectivity index (χ1n) is 7.17. The molecule has 0 aromatic carbocycles. The molecule has 21 heavy (non-hydrogen) atoms. The number of nitrogens with one attached hydrogen (secondary N) is 1. The van der Waals surface area contributed by atoms with Gasteiger partial charge in [-0.15, -0.1) is 0 Å². The molecule has 2 aromatic heterocycles. The van der Waals surface area contributed by atoms with Gasteiger partial charge in [-0.2, -0.15) is 9.61 Å². The van der Waals surface area contributed by atoms with Crippen LogP contribution < -0.4 is 5.32 Å². The van der Waals surface area contributed by atoms with Crippen molar-refractivity contribution in [2.24, 2.45) is 0 Å². The highest BCUT2D eigenvalue weighted by molar-refractivity contribution is 6.29. The van der Waals surface area contributed by atoms with Crippen LogP contribution in [0.2, 0.25) is 5.15 Å². The van der Waals surface area contributed by atoms with E-state index in [1.165, 1.54) is 6.20 Å². The quantitative estimate of drug-likeness (QED) is 0.694. The number of esters is 1. The van der Waals surface area contributed by atoms with E-state index in [-0.39, 0.29) is 0 Å². The van der Waals surface area contributed by atoms with Gasteiger partial charge in [-0.1, -0.05) is 25.4 Å². The molecular weight excluding hydrogens is 292 g/mol. The molecule has 7 heteroatoms. The lowest BCUT2D eigenvalue weighted by molar-refractivity contribution is 0.0528. The Labute approximate surface area is 128 Å². The maximum absolute atomic E-state index is 11.8. The Balaban J connectivity index is 0.000000774. The molecule has 1 aliphatic carbocycles. The van der Waals surface area contributed by atoms with E-state index in [9.17, 15) is 4.79 Å². The standard InChI is InChI=1S/C12H13ClN4O2.C2H6/c1-2-19-12(18)8-6-14-17-10(15-7-3-4-7)5-9(13)16-11(8)17;1-2/h5-7,15H,2-4H2,1H3;1-2H3. The van der Waals surface area contributed by atoms with Gasteiger partial charge in [0.15, 0.2) is 5.65 Å². The van der Waals surface area contributed by atoms with Crippen molar-refractivity contribution in [2.45, 2.75) is 39.7 Å². The fourth-order valence-corrected chi connectivity index (χ4v) is 2.01. The predicted molar refractivity (Wildman–Crippen MR) is 81.9 cm³/mol. The average Bonchev–Trinajstić information content (AvgIpc) is 3.18. The molecule has 2 aromatic rings. The van der Waals surface area contributed by atoms with Gasteiger partial charge in [0.05, 0.1) is 12.8 Å². The van der Waals surface area contributed by atoms with Crippen LogP contribution in [0.3, 0.4) is 0 Å². The summed E-state index contributed by atoms with van der Waals surface area (Å²) in [6.45, 7) is 6.06. The molecule has 1 saturated carbocycles. The highest BCUT2D eigenvalue weighted by Gasteiger charge is 2.24. The van der Waals surface area contributed by atoms with E-state index in [4.69, 9.17) is 16.3 Å². The molecular formula is C14H19ClN4O2. The van der Waals surface area contributed by atoms with Crippen molar-refractivity contribution >= 4 is 29.0 Å². The first kappa shape index (κ1) is 15.6. The van der Waals surface area contributed by atoms with E-state index >= 15 is 0 Å². The van der Waals surface area contributed by atoms with Gasteiger partial charge >= 0.3 is 5.97 Å². The van der Waals surface area contributed by atoms with Gasteiger partial charge in [0.25, 0.3) is 0 Å². The molecule has 114 valence electrons. The number of carbonyl (C=O) groups excluding carboxylic acids is 1. The van der Waals surface area contributed by atoms with Crippen LogP contribution in [0, 0.1) is 0 Å². The topological polar surface area (TPSA) is 68.5 Å². The van der Waals surface area contributed by atoms with Crippen molar-refractivity contribution in [2.75, 3.05) is 11.9 Å². The second-order valence-electron chi connectivity index (χ2n) is 4.40. The van der Waals surface area contributed by atoms with Gasteiger partial charge < -0.3 is 10.1 Å². The van der Waals surface area contributed by atoms with Crippen LogP contribution in [0.5, 0.6) is 0 Å². The van der Waals surface area contributed by atoms with Crippen molar-refractivity contribution < 1.29 is 9.53 Å². The Kier molecular flexibility index (Phi) is 5.01. The zero-order valence-corrected chi connectivity index (χ0v) is 13.1. The number of anilines is 1. The molecule has 1 aliphatic rings. The number of fused-ring (bicyclic) bond motifs is 1. The van der Waals surface area contributed by atoms with Gasteiger partial charge in [0.1, 0.15) is 16.5 Å². The zero-order valence-electron chi connectivity index (χ0n) is 12.4. The fourth-order valence-electron chi connectivity index (χ4n) is 1.83. The Morgan fingerprint density at radius 3 is 2.86 bits per heavy atom. The lowest BCUT2D eigenvalue weighted by atomic mass is 10.3. The Hall–Kier alpha value is -1.82. The van der Waals surface area contributed by atoms with Gasteiger partial charge in [0, 0.05) is 12.1 Å². The maximum atomic E-state index is 11.8. The Bertz CT molecular complexity index is 637. The molecule has 0 atom stereocenters. The number of aromatic nitrogens is 3. The summed E-state index contributed by atoms with van der Waals surface area (Å²) in [5.41, 5.74) is 0.734. The van der Waals surface area contributed by atoms with Crippen LogP contribution in [0.15, 0.2) is 12.3 Å². The number of carbonyl (C=O) groups is 1. The lowest BCUT2D eigenvalue weighted by Gasteiger charge is -2.07. The van der Waals surface area contributed by atoms with Gasteiger partial charge in [-0.05, 0) is 19.8 Å². The fraction of sp³-hybridized carbons (Fsp3) is 0.500. The van der Waals surface area contributed by atoms with E-state index < -0.39 is 5.97 Å². The van der Waals surface area contributed by atoms with Crippen LogP contribution in [0.4, 0.5) is 5.82 Å². The van der Waals surface area contributed by atoms with Crippen LogP contribution in [-0.2, 0) is 4.74 Å². The normalized spacial score (nSPS) is 13.5. The van der Waals surface area contributed by atoms with Gasteiger partial charge in [0.2, 0.25) is 0 Å². The van der Waals surface area contributed by atoms with E-state index in [2.05, 4.69) is 15.4 Å². The summed E-state index contributed by atoms with van der Waals surface area (Å²) in [6, 6.07) is 2.16. The van der Waals surface area contributed by atoms with Gasteiger partial charge in [-0.25, -0.2) is 9.78 Å². The van der Waals surface area contributed by atoms with Crippen molar-refractivity contribution in [3.63, 3.8) is 0 Å². The zero-order chi connectivity index (χ0) is 15.4. The summed E-state index contributed by atoms with van der Waals surface area (Å²) < 4.78 is 6.55. The number of hydrogen-bond acceptors (Lipinski definition) is 5. The van der Waals surface area contributed by atoms with Crippen molar-refractivity contribution in [1.29, 1.82) is 0 Å². The molecule has 3 rings (SSSR count). The second kappa shape index (κ2) is 6.76. The molecule has 6 nitrogen and oxygen atoms in total. The second-order valence-corrected chi connectivity index (χ2v) is 4.78. The molecule has 0 bridgehead atoms. The maximum Gasteiger partial charge on any atom is 0.343 e. The lowest BCUT2D eigenvalue weighted by Crippen LogP contribution is -2.09. The van der Waals surface area contributed by atoms with Crippen LogP contribution in [0.1, 0.15) is 44.0 Å². The molecule has 2 heterocycles. The molecule has 0 saturated heterocycles. The monoisotopic (exact) mass is 310 g/mol. The molecule has 0 radical (unpaired) electrons. The summed E-state index contributed by atoms with van der Waals surface area (Å²) in [6.07, 6.45) is 3.72. The molecule has 0 spiro atoms. The minimum absolute atomic E-state index is 0.309. The summed E-state index contributed by atoms with van der Waals surface area (Å²) in [5.74, 6) is 0.303. The van der Waals surface area contributed by atoms with Crippen molar-refractivity contribution in [1.82, 2.24) is 14.6 Å². The third-order valence-corrected chi connectivity index (χ3v) is 3.06. The van der Waals surface area contributed by atoms with E-state index in [1.54, 1.807) is 17.5 Å². The molecule has 0 amide bonds. The van der Waals surface area contributed by atoms with E-state index in [1.807, 2.05) is 13.8 Å². The summed E-state index contributed by atoms with van der Waals surface area (Å²) >= 11 is 5.99. The number of nitrogens with zero attached hydrogens (tertiary/aromatic N) is 3. The minimum atomic E-state index is -0.440. The van der Waals surface area contributed by atoms with Crippen molar-refractivity contribution in [3.8, 4) is 0 Å². The highest BCUT2D eigenvalue weighted by Crippen LogP contribution is 2.26.